The molecule has 4 nitrogen and oxygen atoms in total. The van der Waals surface area contributed by atoms with Gasteiger partial charge in [-0.1, -0.05) is 6.92 Å². The van der Waals surface area contributed by atoms with E-state index in [1.807, 2.05) is 7.05 Å². The average Bonchev–Trinajstić information content (AvgIpc) is 2.38. The topological polar surface area (TPSA) is 47.0 Å². The monoisotopic (exact) mass is 235 g/mol. The molecule has 1 heterocycles. The summed E-state index contributed by atoms with van der Waals surface area (Å²) < 4.78 is 5.51. The van der Waals surface area contributed by atoms with Crippen LogP contribution in [-0.4, -0.2) is 23.6 Å². The smallest absolute Gasteiger partial charge is 0.156 e. The lowest BCUT2D eigenvalue weighted by molar-refractivity contribution is 0.116. The summed E-state index contributed by atoms with van der Waals surface area (Å²) in [6.07, 6.45) is 5.69. The molecule has 1 aliphatic rings. The van der Waals surface area contributed by atoms with Gasteiger partial charge in [0.1, 0.15) is 12.4 Å². The number of ether oxygens (including phenoxy) is 1. The molecule has 0 saturated carbocycles. The molecule has 0 atom stereocenters. The van der Waals surface area contributed by atoms with Crippen molar-refractivity contribution in [3.63, 3.8) is 0 Å². The predicted octanol–water partition coefficient (Wildman–Crippen LogP) is 2.32. The van der Waals surface area contributed by atoms with Gasteiger partial charge >= 0.3 is 0 Å². The van der Waals surface area contributed by atoms with Crippen LogP contribution in [0.5, 0.6) is 0 Å². The fourth-order valence-corrected chi connectivity index (χ4v) is 2.22. The van der Waals surface area contributed by atoms with Gasteiger partial charge in [-0.15, -0.1) is 0 Å². The molecule has 0 bridgehead atoms. The number of aryl methyl sites for hydroxylation is 1. The van der Waals surface area contributed by atoms with Gasteiger partial charge in [0.05, 0.1) is 0 Å². The highest BCUT2D eigenvalue weighted by molar-refractivity contribution is 5.47. The van der Waals surface area contributed by atoms with Gasteiger partial charge in [0.2, 0.25) is 0 Å². The molecule has 2 rings (SSSR count). The Morgan fingerprint density at radius 1 is 1.24 bits per heavy atom. The lowest BCUT2D eigenvalue weighted by atomic mass is 9.96. The summed E-state index contributed by atoms with van der Waals surface area (Å²) in [6.45, 7) is 3.40. The molecule has 0 amide bonds. The molecule has 0 unspecified atom stereocenters. The minimum absolute atomic E-state index is 0.524. The van der Waals surface area contributed by atoms with Gasteiger partial charge in [-0.2, -0.15) is 0 Å². The number of aromatic nitrogens is 2. The van der Waals surface area contributed by atoms with E-state index < -0.39 is 0 Å². The highest BCUT2D eigenvalue weighted by Gasteiger charge is 2.16. The van der Waals surface area contributed by atoms with Crippen LogP contribution in [0.2, 0.25) is 0 Å². The first-order chi connectivity index (χ1) is 8.35. The van der Waals surface area contributed by atoms with Crippen molar-refractivity contribution < 1.29 is 4.74 Å². The normalized spacial score (nSPS) is 14.5. The van der Waals surface area contributed by atoms with E-state index in [0.717, 1.165) is 37.5 Å². The molecule has 94 valence electrons. The van der Waals surface area contributed by atoms with Crippen molar-refractivity contribution in [1.29, 1.82) is 0 Å². The van der Waals surface area contributed by atoms with E-state index in [9.17, 15) is 0 Å². The zero-order chi connectivity index (χ0) is 12.1. The summed E-state index contributed by atoms with van der Waals surface area (Å²) in [6, 6.07) is 0. The van der Waals surface area contributed by atoms with Crippen molar-refractivity contribution in [2.75, 3.05) is 19.0 Å². The number of nitrogens with zero attached hydrogens (tertiary/aromatic N) is 2. The van der Waals surface area contributed by atoms with E-state index in [1.165, 1.54) is 24.1 Å². The van der Waals surface area contributed by atoms with Crippen LogP contribution in [0, 0.1) is 0 Å². The fraction of sp³-hybridized carbons (Fsp3) is 0.692. The third-order valence-corrected chi connectivity index (χ3v) is 3.05. The second-order valence-electron chi connectivity index (χ2n) is 4.42. The Bertz CT molecular complexity index is 362. The van der Waals surface area contributed by atoms with Crippen LogP contribution in [0.4, 0.5) is 5.82 Å². The van der Waals surface area contributed by atoms with E-state index in [2.05, 4.69) is 22.2 Å². The molecule has 0 aromatic carbocycles. The Kier molecular flexibility index (Phi) is 4.31. The van der Waals surface area contributed by atoms with Crippen LogP contribution in [-0.2, 0) is 24.2 Å². The van der Waals surface area contributed by atoms with Gasteiger partial charge in [0.25, 0.3) is 0 Å². The maximum atomic E-state index is 5.51. The first-order valence-corrected chi connectivity index (χ1v) is 6.49. The van der Waals surface area contributed by atoms with Crippen LogP contribution in [0.1, 0.15) is 43.3 Å². The number of anilines is 1. The van der Waals surface area contributed by atoms with Gasteiger partial charge in [-0.25, -0.2) is 9.97 Å². The third kappa shape index (κ3) is 2.94. The molecule has 1 N–H and O–H groups in total. The second kappa shape index (κ2) is 5.96. The summed E-state index contributed by atoms with van der Waals surface area (Å²) >= 11 is 0. The van der Waals surface area contributed by atoms with Gasteiger partial charge < -0.3 is 10.1 Å². The largest absolute Gasteiger partial charge is 0.373 e. The first kappa shape index (κ1) is 12.3. The summed E-state index contributed by atoms with van der Waals surface area (Å²) in [5, 5.41) is 3.18. The zero-order valence-electron chi connectivity index (χ0n) is 10.8. The molecule has 0 fully saturated rings. The first-order valence-electron chi connectivity index (χ1n) is 6.49. The molecular weight excluding hydrogens is 214 g/mol. The SMILES string of the molecule is CCCOCc1nc2c(c(NC)n1)CCCC2. The molecule has 1 aromatic rings. The van der Waals surface area contributed by atoms with Crippen LogP contribution in [0.25, 0.3) is 0 Å². The summed E-state index contributed by atoms with van der Waals surface area (Å²) in [5.74, 6) is 1.80. The Morgan fingerprint density at radius 2 is 2.06 bits per heavy atom. The second-order valence-corrected chi connectivity index (χ2v) is 4.42. The van der Waals surface area contributed by atoms with Gasteiger partial charge in [-0.05, 0) is 32.1 Å². The van der Waals surface area contributed by atoms with Crippen molar-refractivity contribution in [2.45, 2.75) is 45.6 Å². The molecule has 0 aliphatic heterocycles. The van der Waals surface area contributed by atoms with Crippen LogP contribution in [0.15, 0.2) is 0 Å². The lowest BCUT2D eigenvalue weighted by Gasteiger charge is -2.18. The Balaban J connectivity index is 2.17. The lowest BCUT2D eigenvalue weighted by Crippen LogP contribution is -2.14. The van der Waals surface area contributed by atoms with E-state index in [4.69, 9.17) is 4.74 Å². The van der Waals surface area contributed by atoms with Crippen molar-refractivity contribution in [3.05, 3.63) is 17.1 Å². The van der Waals surface area contributed by atoms with Crippen molar-refractivity contribution in [2.24, 2.45) is 0 Å². The zero-order valence-corrected chi connectivity index (χ0v) is 10.8. The molecule has 0 saturated heterocycles. The van der Waals surface area contributed by atoms with Crippen LogP contribution in [0.3, 0.4) is 0 Å². The summed E-state index contributed by atoms with van der Waals surface area (Å²) in [7, 11) is 1.92. The quantitative estimate of drug-likeness (QED) is 0.796. The summed E-state index contributed by atoms with van der Waals surface area (Å²) in [5.41, 5.74) is 2.52. The van der Waals surface area contributed by atoms with E-state index in [-0.39, 0.29) is 0 Å². The van der Waals surface area contributed by atoms with Crippen molar-refractivity contribution >= 4 is 5.82 Å². The minimum atomic E-state index is 0.524. The maximum absolute atomic E-state index is 5.51. The van der Waals surface area contributed by atoms with E-state index in [0.29, 0.717) is 6.61 Å². The van der Waals surface area contributed by atoms with Crippen molar-refractivity contribution in [3.8, 4) is 0 Å². The van der Waals surface area contributed by atoms with Crippen molar-refractivity contribution in [1.82, 2.24) is 9.97 Å². The highest BCUT2D eigenvalue weighted by Crippen LogP contribution is 2.25. The minimum Gasteiger partial charge on any atom is -0.373 e. The maximum Gasteiger partial charge on any atom is 0.156 e. The molecule has 0 radical (unpaired) electrons. The van der Waals surface area contributed by atoms with Crippen LogP contribution < -0.4 is 5.32 Å². The number of fused-ring (bicyclic) bond motifs is 1. The third-order valence-electron chi connectivity index (χ3n) is 3.05. The average molecular weight is 235 g/mol. The molecule has 4 heteroatoms. The Hall–Kier alpha value is -1.16. The number of rotatable bonds is 5. The van der Waals surface area contributed by atoms with Gasteiger partial charge in [0.15, 0.2) is 5.82 Å². The Morgan fingerprint density at radius 3 is 2.82 bits per heavy atom. The standard InChI is InChI=1S/C13H21N3O/c1-3-8-17-9-12-15-11-7-5-4-6-10(11)13(14-2)16-12/h3-9H2,1-2H3,(H,14,15,16). The highest BCUT2D eigenvalue weighted by atomic mass is 16.5. The number of hydrogen-bond acceptors (Lipinski definition) is 4. The molecule has 1 aliphatic carbocycles. The van der Waals surface area contributed by atoms with Crippen LogP contribution >= 0.6 is 0 Å². The molecule has 0 spiro atoms. The van der Waals surface area contributed by atoms with E-state index in [1.54, 1.807) is 0 Å². The fourth-order valence-electron chi connectivity index (χ4n) is 2.22. The predicted molar refractivity (Wildman–Crippen MR) is 68.2 cm³/mol. The molecule has 17 heavy (non-hydrogen) atoms. The number of hydrogen-bond donors (Lipinski definition) is 1. The van der Waals surface area contributed by atoms with E-state index >= 15 is 0 Å². The molecule has 1 aromatic heterocycles. The molecular formula is C13H21N3O. The number of nitrogens with one attached hydrogen (secondary N) is 1. The summed E-state index contributed by atoms with van der Waals surface area (Å²) in [4.78, 5) is 9.15. The van der Waals surface area contributed by atoms with Gasteiger partial charge in [0, 0.05) is 24.9 Å². The van der Waals surface area contributed by atoms with Gasteiger partial charge in [-0.3, -0.25) is 0 Å². The Labute approximate surface area is 103 Å².